The van der Waals surface area contributed by atoms with Crippen molar-refractivity contribution in [3.05, 3.63) is 29.8 Å². The van der Waals surface area contributed by atoms with E-state index >= 15 is 0 Å². The summed E-state index contributed by atoms with van der Waals surface area (Å²) >= 11 is 1.90. The van der Waals surface area contributed by atoms with E-state index in [1.54, 1.807) is 6.92 Å². The molecule has 2 N–H and O–H groups in total. The van der Waals surface area contributed by atoms with Crippen molar-refractivity contribution in [1.82, 2.24) is 10.2 Å². The largest absolute Gasteiger partial charge is 0.492 e. The molecule has 0 spiro atoms. The molecule has 1 fully saturated rings. The number of urea groups is 1. The summed E-state index contributed by atoms with van der Waals surface area (Å²) in [7, 11) is 0. The van der Waals surface area contributed by atoms with Gasteiger partial charge in [0.15, 0.2) is 6.10 Å². The monoisotopic (exact) mass is 494 g/mol. The van der Waals surface area contributed by atoms with Crippen molar-refractivity contribution >= 4 is 23.8 Å². The van der Waals surface area contributed by atoms with Crippen LogP contribution in [0.1, 0.15) is 64.4 Å². The minimum Gasteiger partial charge on any atom is -0.492 e. The number of aliphatic carboxylic acids is 1. The van der Waals surface area contributed by atoms with Crippen LogP contribution in [-0.2, 0) is 16.0 Å². The summed E-state index contributed by atoms with van der Waals surface area (Å²) in [4.78, 5) is 26.1. The van der Waals surface area contributed by atoms with E-state index in [1.165, 1.54) is 32.1 Å². The quantitative estimate of drug-likeness (QED) is 0.315. The molecule has 34 heavy (non-hydrogen) atoms. The van der Waals surface area contributed by atoms with Crippen LogP contribution < -0.4 is 10.1 Å². The summed E-state index contributed by atoms with van der Waals surface area (Å²) in [5.41, 5.74) is 0.880. The molecule has 1 aliphatic rings. The number of nitrogens with zero attached hydrogens (tertiary/aromatic N) is 1. The molecule has 1 aromatic rings. The molecule has 1 unspecified atom stereocenters. The van der Waals surface area contributed by atoms with Crippen LogP contribution in [0.4, 0.5) is 4.79 Å². The number of unbranched alkanes of at least 4 members (excludes halogenated alkanes) is 1. The topological polar surface area (TPSA) is 88.1 Å². The van der Waals surface area contributed by atoms with Crippen molar-refractivity contribution in [3.63, 3.8) is 0 Å². The highest BCUT2D eigenvalue weighted by atomic mass is 32.2. The molecular weight excluding hydrogens is 452 g/mol. The van der Waals surface area contributed by atoms with Gasteiger partial charge >= 0.3 is 12.0 Å². The van der Waals surface area contributed by atoms with Crippen LogP contribution in [0.15, 0.2) is 24.3 Å². The molecule has 192 valence electrons. The molecule has 2 amide bonds. The fourth-order valence-electron chi connectivity index (χ4n) is 3.98. The molecule has 1 aliphatic carbocycles. The summed E-state index contributed by atoms with van der Waals surface area (Å²) in [6.45, 7) is 5.99. The zero-order valence-electron chi connectivity index (χ0n) is 20.8. The molecule has 7 nitrogen and oxygen atoms in total. The van der Waals surface area contributed by atoms with Crippen LogP contribution in [0.25, 0.3) is 0 Å². The number of carboxylic acid groups (broad SMARTS) is 1. The van der Waals surface area contributed by atoms with Gasteiger partial charge in [0.25, 0.3) is 0 Å². The van der Waals surface area contributed by atoms with Gasteiger partial charge in [0.1, 0.15) is 12.4 Å². The molecule has 0 saturated heterocycles. The van der Waals surface area contributed by atoms with Gasteiger partial charge in [-0.25, -0.2) is 9.59 Å². The van der Waals surface area contributed by atoms with Gasteiger partial charge in [-0.15, -0.1) is 0 Å². The standard InChI is InChI=1S/C26H42N2O5S/c1-3-5-18-34-19-16-28(26(31)27-22-9-7-6-8-10-22)15-17-33-23-13-11-21(12-14-23)20-24(25(29)30)32-4-2/h11-14,22,24H,3-10,15-20H2,1-2H3,(H,27,31)(H,29,30). The first kappa shape index (κ1) is 28.3. The number of hydrogen-bond acceptors (Lipinski definition) is 5. The molecule has 0 aliphatic heterocycles. The number of thioether (sulfide) groups is 1. The number of carboxylic acids is 1. The minimum absolute atomic E-state index is 0.0116. The Labute approximate surface area is 209 Å². The van der Waals surface area contributed by atoms with E-state index in [-0.39, 0.29) is 12.1 Å². The van der Waals surface area contributed by atoms with Gasteiger partial charge in [0.2, 0.25) is 0 Å². The van der Waals surface area contributed by atoms with Crippen molar-refractivity contribution in [2.24, 2.45) is 0 Å². The first-order valence-electron chi connectivity index (χ1n) is 12.7. The van der Waals surface area contributed by atoms with E-state index in [9.17, 15) is 14.7 Å². The third kappa shape index (κ3) is 11.0. The molecular formula is C26H42N2O5S. The summed E-state index contributed by atoms with van der Waals surface area (Å²) in [5.74, 6) is 1.81. The highest BCUT2D eigenvalue weighted by molar-refractivity contribution is 7.99. The average Bonchev–Trinajstić information content (AvgIpc) is 2.84. The first-order valence-corrected chi connectivity index (χ1v) is 13.9. The second-order valence-electron chi connectivity index (χ2n) is 8.72. The normalized spacial score (nSPS) is 15.0. The predicted molar refractivity (Wildman–Crippen MR) is 138 cm³/mol. The lowest BCUT2D eigenvalue weighted by Gasteiger charge is -2.28. The molecule has 1 saturated carbocycles. The van der Waals surface area contributed by atoms with Gasteiger partial charge in [0, 0.05) is 31.4 Å². The maximum atomic E-state index is 12.9. The van der Waals surface area contributed by atoms with Gasteiger partial charge < -0.3 is 24.8 Å². The lowest BCUT2D eigenvalue weighted by Crippen LogP contribution is -2.47. The molecule has 0 radical (unpaired) electrons. The van der Waals surface area contributed by atoms with Gasteiger partial charge in [-0.1, -0.05) is 44.7 Å². The lowest BCUT2D eigenvalue weighted by molar-refractivity contribution is -0.149. The SMILES string of the molecule is CCCCSCCN(CCOc1ccc(CC(OCC)C(=O)O)cc1)C(=O)NC1CCCCC1. The Morgan fingerprint density at radius 3 is 2.50 bits per heavy atom. The maximum absolute atomic E-state index is 12.9. The van der Waals surface area contributed by atoms with Crippen molar-refractivity contribution in [2.45, 2.75) is 77.4 Å². The van der Waals surface area contributed by atoms with Crippen molar-refractivity contribution in [1.29, 1.82) is 0 Å². The summed E-state index contributed by atoms with van der Waals surface area (Å²) in [6, 6.07) is 7.71. The van der Waals surface area contributed by atoms with Gasteiger partial charge in [0.05, 0.1) is 6.54 Å². The molecule has 1 atom stereocenters. The molecule has 8 heteroatoms. The minimum atomic E-state index is -0.957. The zero-order chi connectivity index (χ0) is 24.6. The number of carbonyl (C=O) groups excluding carboxylic acids is 1. The second-order valence-corrected chi connectivity index (χ2v) is 9.94. The number of ether oxygens (including phenoxy) is 2. The summed E-state index contributed by atoms with van der Waals surface area (Å²) in [6.07, 6.45) is 7.64. The average molecular weight is 495 g/mol. The van der Waals surface area contributed by atoms with Crippen molar-refractivity contribution < 1.29 is 24.2 Å². The highest BCUT2D eigenvalue weighted by Gasteiger charge is 2.20. The fraction of sp³-hybridized carbons (Fsp3) is 0.692. The molecule has 0 bridgehead atoms. The molecule has 0 aromatic heterocycles. The van der Waals surface area contributed by atoms with E-state index in [0.717, 1.165) is 29.9 Å². The molecule has 2 rings (SSSR count). The summed E-state index contributed by atoms with van der Waals surface area (Å²) in [5, 5.41) is 12.5. The number of amides is 2. The van der Waals surface area contributed by atoms with Gasteiger partial charge in [-0.05, 0) is 49.6 Å². The Morgan fingerprint density at radius 2 is 1.85 bits per heavy atom. The van der Waals surface area contributed by atoms with E-state index in [2.05, 4.69) is 12.2 Å². The molecule has 1 aromatic carbocycles. The van der Waals surface area contributed by atoms with Crippen LogP contribution in [-0.4, -0.2) is 72.0 Å². The highest BCUT2D eigenvalue weighted by Crippen LogP contribution is 2.18. The first-order chi connectivity index (χ1) is 16.5. The fourth-order valence-corrected chi connectivity index (χ4v) is 5.03. The van der Waals surface area contributed by atoms with Crippen LogP contribution in [0, 0.1) is 0 Å². The third-order valence-electron chi connectivity index (χ3n) is 5.99. The molecule has 0 heterocycles. The Kier molecular flexibility index (Phi) is 13.9. The number of hydrogen-bond donors (Lipinski definition) is 2. The van der Waals surface area contributed by atoms with Crippen molar-refractivity contribution in [3.8, 4) is 5.75 Å². The smallest absolute Gasteiger partial charge is 0.333 e. The number of benzene rings is 1. The van der Waals surface area contributed by atoms with Crippen LogP contribution in [0.5, 0.6) is 5.75 Å². The Bertz CT molecular complexity index is 710. The third-order valence-corrected chi connectivity index (χ3v) is 7.03. The number of carbonyl (C=O) groups is 2. The number of nitrogens with one attached hydrogen (secondary N) is 1. The van der Waals surface area contributed by atoms with Crippen LogP contribution >= 0.6 is 11.8 Å². The number of rotatable bonds is 16. The van der Waals surface area contributed by atoms with E-state index in [0.29, 0.717) is 38.5 Å². The van der Waals surface area contributed by atoms with Crippen LogP contribution in [0.3, 0.4) is 0 Å². The van der Waals surface area contributed by atoms with E-state index in [4.69, 9.17) is 9.47 Å². The van der Waals surface area contributed by atoms with Gasteiger partial charge in [-0.3, -0.25) is 0 Å². The van der Waals surface area contributed by atoms with E-state index < -0.39 is 12.1 Å². The maximum Gasteiger partial charge on any atom is 0.333 e. The Hall–Kier alpha value is -1.93. The van der Waals surface area contributed by atoms with Gasteiger partial charge in [-0.2, -0.15) is 11.8 Å². The summed E-state index contributed by atoms with van der Waals surface area (Å²) < 4.78 is 11.2. The zero-order valence-corrected chi connectivity index (χ0v) is 21.6. The Balaban J connectivity index is 1.83. The second kappa shape index (κ2) is 16.7. The van der Waals surface area contributed by atoms with E-state index in [1.807, 2.05) is 40.9 Å². The Morgan fingerprint density at radius 1 is 1.12 bits per heavy atom. The lowest BCUT2D eigenvalue weighted by atomic mass is 9.96. The van der Waals surface area contributed by atoms with Crippen LogP contribution in [0.2, 0.25) is 0 Å². The predicted octanol–water partition coefficient (Wildman–Crippen LogP) is 4.98. The van der Waals surface area contributed by atoms with Crippen molar-refractivity contribution in [2.75, 3.05) is 37.8 Å².